The van der Waals surface area contributed by atoms with Gasteiger partial charge in [0.05, 0.1) is 19.7 Å². The van der Waals surface area contributed by atoms with Crippen LogP contribution in [0, 0.1) is 13.8 Å². The van der Waals surface area contributed by atoms with E-state index in [1.807, 2.05) is 62.3 Å². The van der Waals surface area contributed by atoms with E-state index < -0.39 is 0 Å². The molecule has 0 aliphatic rings. The second-order valence-electron chi connectivity index (χ2n) is 15.6. The quantitative estimate of drug-likeness (QED) is 0.170. The zero-order valence-electron chi connectivity index (χ0n) is 37.2. The number of ether oxygens (including phenoxy) is 2. The van der Waals surface area contributed by atoms with Gasteiger partial charge in [0, 0.05) is 65.2 Å². The Balaban J connectivity index is 0.000000195. The van der Waals surface area contributed by atoms with Gasteiger partial charge in [-0.05, 0) is 102 Å². The zero-order chi connectivity index (χ0) is 42.8. The summed E-state index contributed by atoms with van der Waals surface area (Å²) in [4.78, 5) is 28.0. The summed E-state index contributed by atoms with van der Waals surface area (Å²) in [6.45, 7) is 25.6. The summed E-state index contributed by atoms with van der Waals surface area (Å²) >= 11 is 0. The molecular weight excluding hydrogens is 719 g/mol. The Hall–Kier alpha value is -5.70. The number of methoxy groups -OCH3 is 2. The maximum atomic E-state index is 5.12. The monoisotopic (exact) mass is 784 g/mol. The predicted molar refractivity (Wildman–Crippen MR) is 241 cm³/mol. The molecule has 0 bridgehead atoms. The van der Waals surface area contributed by atoms with Crippen LogP contribution in [0.15, 0.2) is 104 Å². The summed E-state index contributed by atoms with van der Waals surface area (Å²) in [6.07, 6.45) is 13.2. The number of fused-ring (bicyclic) bond motifs is 2. The van der Waals surface area contributed by atoms with Crippen molar-refractivity contribution in [1.82, 2.24) is 34.9 Å². The minimum atomic E-state index is 0.334. The third-order valence-electron chi connectivity index (χ3n) is 9.45. The van der Waals surface area contributed by atoms with Crippen molar-refractivity contribution in [2.24, 2.45) is 0 Å². The molecule has 0 saturated heterocycles. The standard InChI is InChI=1S/C12H13N.C11H13N.C9H14N2O2.C9H13N.C8H12N2/c1-9(2)11-7-10-5-3-4-6-12(10)13-8-11;1-8(2)9-4-3-5-11-10(9)6-7-12-11;1-6(2)7-5-10-9(13-4)11-8(7)12-3;1-7(2)9-6-10-5-4-8(9)3;1-6(2)8-4-9-7(3)10-5-8/h3-9H,1-2H3;3-8,12H,1-2H3;5-6H,1-4H3;4-7H,1-3H3;4-6H,1-3H3. The van der Waals surface area contributed by atoms with Crippen molar-refractivity contribution in [3.8, 4) is 11.9 Å². The lowest BCUT2D eigenvalue weighted by Crippen LogP contribution is -2.01. The third kappa shape index (κ3) is 14.4. The lowest BCUT2D eigenvalue weighted by molar-refractivity contribution is 0.347. The minimum absolute atomic E-state index is 0.334. The molecule has 0 amide bonds. The van der Waals surface area contributed by atoms with Gasteiger partial charge in [0.1, 0.15) is 5.82 Å². The van der Waals surface area contributed by atoms with Crippen LogP contribution in [0.25, 0.3) is 21.8 Å². The van der Waals surface area contributed by atoms with Crippen LogP contribution in [0.3, 0.4) is 0 Å². The van der Waals surface area contributed by atoms with Crippen molar-refractivity contribution in [3.05, 3.63) is 143 Å². The maximum Gasteiger partial charge on any atom is 0.319 e. The fourth-order valence-electron chi connectivity index (χ4n) is 5.82. The van der Waals surface area contributed by atoms with E-state index in [1.54, 1.807) is 13.3 Å². The smallest absolute Gasteiger partial charge is 0.319 e. The molecule has 58 heavy (non-hydrogen) atoms. The molecule has 0 aliphatic heterocycles. The zero-order valence-corrected chi connectivity index (χ0v) is 37.2. The molecule has 0 radical (unpaired) electrons. The second-order valence-corrected chi connectivity index (χ2v) is 15.6. The van der Waals surface area contributed by atoms with Crippen LogP contribution < -0.4 is 9.47 Å². The highest BCUT2D eigenvalue weighted by atomic mass is 16.5. The molecule has 0 aliphatic carbocycles. The number of benzene rings is 2. The van der Waals surface area contributed by atoms with Crippen LogP contribution in [0.4, 0.5) is 0 Å². The number of hydrogen-bond donors (Lipinski definition) is 1. The Morgan fingerprint density at radius 2 is 1.19 bits per heavy atom. The van der Waals surface area contributed by atoms with E-state index in [-0.39, 0.29) is 0 Å². The molecule has 0 unspecified atom stereocenters. The molecule has 9 heteroatoms. The predicted octanol–water partition coefficient (Wildman–Crippen LogP) is 12.7. The number of aryl methyl sites for hydroxylation is 2. The van der Waals surface area contributed by atoms with E-state index in [4.69, 9.17) is 9.47 Å². The van der Waals surface area contributed by atoms with Gasteiger partial charge in [0.2, 0.25) is 5.88 Å². The van der Waals surface area contributed by atoms with Gasteiger partial charge in [-0.15, -0.1) is 0 Å². The van der Waals surface area contributed by atoms with Crippen LogP contribution in [0.5, 0.6) is 11.9 Å². The highest BCUT2D eigenvalue weighted by Crippen LogP contribution is 2.25. The molecule has 0 saturated carbocycles. The second kappa shape index (κ2) is 23.5. The average Bonchev–Trinajstić information content (AvgIpc) is 3.71. The first-order valence-corrected chi connectivity index (χ1v) is 20.2. The van der Waals surface area contributed by atoms with Crippen molar-refractivity contribution in [1.29, 1.82) is 0 Å². The number of rotatable bonds is 7. The first-order valence-electron chi connectivity index (χ1n) is 20.2. The fraction of sp³-hybridized carbons (Fsp3) is 0.388. The summed E-state index contributed by atoms with van der Waals surface area (Å²) < 4.78 is 10.0. The van der Waals surface area contributed by atoms with Gasteiger partial charge in [0.15, 0.2) is 0 Å². The molecule has 0 atom stereocenters. The summed E-state index contributed by atoms with van der Waals surface area (Å²) in [7, 11) is 3.12. The lowest BCUT2D eigenvalue weighted by Gasteiger charge is -2.10. The third-order valence-corrected chi connectivity index (χ3v) is 9.45. The van der Waals surface area contributed by atoms with E-state index in [2.05, 4.69) is 154 Å². The van der Waals surface area contributed by atoms with E-state index in [0.717, 1.165) is 16.9 Å². The van der Waals surface area contributed by atoms with E-state index in [9.17, 15) is 0 Å². The highest BCUT2D eigenvalue weighted by molar-refractivity contribution is 5.83. The van der Waals surface area contributed by atoms with Crippen LogP contribution in [-0.4, -0.2) is 49.1 Å². The molecular formula is C49H65N7O2. The number of hydrogen-bond acceptors (Lipinski definition) is 8. The molecule has 1 N–H and O–H groups in total. The summed E-state index contributed by atoms with van der Waals surface area (Å²) in [5, 5.41) is 2.58. The molecule has 9 nitrogen and oxygen atoms in total. The Kier molecular flexibility index (Phi) is 18.9. The maximum absolute atomic E-state index is 5.12. The van der Waals surface area contributed by atoms with Gasteiger partial charge in [-0.1, -0.05) is 99.6 Å². The first-order chi connectivity index (χ1) is 27.7. The van der Waals surface area contributed by atoms with Gasteiger partial charge >= 0.3 is 6.01 Å². The number of aromatic amines is 1. The number of H-pyrrole nitrogens is 1. The Labute approximate surface area is 347 Å². The molecule has 7 aromatic rings. The van der Waals surface area contributed by atoms with Gasteiger partial charge in [-0.25, -0.2) is 15.0 Å². The van der Waals surface area contributed by atoms with E-state index in [1.165, 1.54) is 51.2 Å². The molecule has 7 rings (SSSR count). The van der Waals surface area contributed by atoms with Crippen molar-refractivity contribution in [2.45, 2.75) is 113 Å². The normalized spacial score (nSPS) is 10.7. The van der Waals surface area contributed by atoms with Crippen molar-refractivity contribution >= 4 is 21.8 Å². The number of para-hydroxylation sites is 1. The average molecular weight is 784 g/mol. The van der Waals surface area contributed by atoms with E-state index in [0.29, 0.717) is 41.5 Å². The van der Waals surface area contributed by atoms with E-state index >= 15 is 0 Å². The van der Waals surface area contributed by atoms with Crippen molar-refractivity contribution in [3.63, 3.8) is 0 Å². The number of aromatic nitrogens is 7. The lowest BCUT2D eigenvalue weighted by atomic mass is 10.00. The van der Waals surface area contributed by atoms with Crippen LogP contribution in [-0.2, 0) is 0 Å². The minimum Gasteiger partial charge on any atom is -0.481 e. The summed E-state index contributed by atoms with van der Waals surface area (Å²) in [5.41, 5.74) is 9.92. The van der Waals surface area contributed by atoms with Gasteiger partial charge in [-0.3, -0.25) is 9.97 Å². The summed E-state index contributed by atoms with van der Waals surface area (Å²) in [5.74, 6) is 4.04. The number of nitrogens with zero attached hydrogens (tertiary/aromatic N) is 6. The highest BCUT2D eigenvalue weighted by Gasteiger charge is 2.11. The number of nitrogens with one attached hydrogen (secondary N) is 1. The topological polar surface area (TPSA) is 112 Å². The van der Waals surface area contributed by atoms with Crippen LogP contribution in [0.2, 0.25) is 0 Å². The van der Waals surface area contributed by atoms with Crippen molar-refractivity contribution < 1.29 is 9.47 Å². The SMILES string of the molecule is CC(C)c1cccc2[nH]ccc12.CC(C)c1cnc2ccccc2c1.COc1ncc(C(C)C)c(OC)n1.Cc1ccncc1C(C)C.Cc1ncc(C(C)C)cn1. The molecule has 5 heterocycles. The number of pyridine rings is 2. The fourth-order valence-corrected chi connectivity index (χ4v) is 5.82. The largest absolute Gasteiger partial charge is 0.481 e. The molecule has 308 valence electrons. The Bertz CT molecular complexity index is 2240. The van der Waals surface area contributed by atoms with Crippen LogP contribution in [0.1, 0.15) is 138 Å². The molecule has 2 aromatic carbocycles. The Morgan fingerprint density at radius 3 is 1.76 bits per heavy atom. The van der Waals surface area contributed by atoms with Crippen molar-refractivity contribution in [2.75, 3.05) is 14.2 Å². The molecule has 0 spiro atoms. The van der Waals surface area contributed by atoms with Gasteiger partial charge in [-0.2, -0.15) is 4.98 Å². The van der Waals surface area contributed by atoms with Crippen LogP contribution >= 0.6 is 0 Å². The van der Waals surface area contributed by atoms with Gasteiger partial charge < -0.3 is 14.5 Å². The summed E-state index contributed by atoms with van der Waals surface area (Å²) in [6, 6.07) is 21.4. The first kappa shape index (κ1) is 46.7. The molecule has 0 fully saturated rings. The Morgan fingerprint density at radius 1 is 0.552 bits per heavy atom. The van der Waals surface area contributed by atoms with Gasteiger partial charge in [0.25, 0.3) is 0 Å². The molecule has 5 aromatic heterocycles.